The van der Waals surface area contributed by atoms with Gasteiger partial charge in [-0.2, -0.15) is 4.98 Å². The van der Waals surface area contributed by atoms with Crippen molar-refractivity contribution in [3.63, 3.8) is 0 Å². The molecule has 1 aliphatic carbocycles. The normalized spacial score (nSPS) is 19.2. The van der Waals surface area contributed by atoms with Gasteiger partial charge in [0.1, 0.15) is 17.4 Å². The lowest BCUT2D eigenvalue weighted by atomic mass is 9.84. The molecule has 2 heterocycles. The summed E-state index contributed by atoms with van der Waals surface area (Å²) in [7, 11) is 0. The maximum Gasteiger partial charge on any atom is 0.296 e. The molecular weight excluding hydrogens is 455 g/mol. The maximum absolute atomic E-state index is 13.9. The summed E-state index contributed by atoms with van der Waals surface area (Å²) in [5.41, 5.74) is 3.41. The van der Waals surface area contributed by atoms with Crippen LogP contribution in [-0.2, 0) is 10.2 Å². The monoisotopic (exact) mass is 492 g/mol. The molecule has 2 aromatic carbocycles. The summed E-state index contributed by atoms with van der Waals surface area (Å²) in [5.74, 6) is 0.275. The Morgan fingerprint density at radius 2 is 1.97 bits per heavy atom. The fourth-order valence-electron chi connectivity index (χ4n) is 5.93. The number of nitrogens with one attached hydrogen (secondary N) is 2. The number of fused-ring (bicyclic) bond motifs is 2. The molecule has 5 rings (SSSR count). The van der Waals surface area contributed by atoms with E-state index in [-0.39, 0.29) is 23.2 Å². The minimum absolute atomic E-state index is 0.0342. The molecule has 3 aromatic rings. The van der Waals surface area contributed by atoms with E-state index in [1.54, 1.807) is 6.07 Å². The zero-order valence-corrected chi connectivity index (χ0v) is 21.5. The first kappa shape index (κ1) is 24.6. The number of oxazole rings is 1. The average Bonchev–Trinajstić information content (AvgIpc) is 3.36. The molecule has 0 radical (unpaired) electrons. The third kappa shape index (κ3) is 5.35. The Hall–Kier alpha value is -3.09. The predicted octanol–water partition coefficient (Wildman–Crippen LogP) is 6.02. The van der Waals surface area contributed by atoms with Crippen LogP contribution in [0.3, 0.4) is 0 Å². The quantitative estimate of drug-likeness (QED) is 0.402. The van der Waals surface area contributed by atoms with Crippen molar-refractivity contribution in [2.45, 2.75) is 76.8 Å². The minimum Gasteiger partial charge on any atom is -0.424 e. The second-order valence-electron chi connectivity index (χ2n) is 11.3. The molecule has 36 heavy (non-hydrogen) atoms. The Morgan fingerprint density at radius 1 is 1.19 bits per heavy atom. The van der Waals surface area contributed by atoms with Crippen molar-refractivity contribution in [1.82, 2.24) is 10.3 Å². The number of rotatable bonds is 8. The van der Waals surface area contributed by atoms with Crippen molar-refractivity contribution in [2.75, 3.05) is 23.3 Å². The maximum atomic E-state index is 13.9. The number of para-hydroxylation sites is 2. The summed E-state index contributed by atoms with van der Waals surface area (Å²) >= 11 is 0. The van der Waals surface area contributed by atoms with Crippen molar-refractivity contribution in [1.29, 1.82) is 0 Å². The summed E-state index contributed by atoms with van der Waals surface area (Å²) in [6.07, 6.45) is 6.80. The van der Waals surface area contributed by atoms with Gasteiger partial charge >= 0.3 is 0 Å². The number of nitrogens with zero attached hydrogens (tertiary/aromatic N) is 2. The SMILES string of the molecule is CC(CN1CC(C)(C)c2cc(F)ccc21)NC(=O)C(CC1CCCCC1)Nc1nc2ccccc2o1. The molecule has 6 nitrogen and oxygen atoms in total. The molecule has 1 saturated carbocycles. The highest BCUT2D eigenvalue weighted by atomic mass is 19.1. The third-order valence-corrected chi connectivity index (χ3v) is 7.70. The molecule has 7 heteroatoms. The van der Waals surface area contributed by atoms with E-state index in [1.165, 1.54) is 25.3 Å². The topological polar surface area (TPSA) is 70.4 Å². The highest BCUT2D eigenvalue weighted by Gasteiger charge is 2.36. The van der Waals surface area contributed by atoms with E-state index >= 15 is 0 Å². The Bertz CT molecular complexity index is 1180. The van der Waals surface area contributed by atoms with Crippen LogP contribution in [0.4, 0.5) is 16.1 Å². The summed E-state index contributed by atoms with van der Waals surface area (Å²) in [6.45, 7) is 7.76. The molecule has 0 bridgehead atoms. The first-order valence-corrected chi connectivity index (χ1v) is 13.3. The van der Waals surface area contributed by atoms with Gasteiger partial charge in [-0.05, 0) is 55.2 Å². The summed E-state index contributed by atoms with van der Waals surface area (Å²) in [6, 6.07) is 12.5. The Labute approximate surface area is 212 Å². The highest BCUT2D eigenvalue weighted by molar-refractivity contribution is 5.85. The van der Waals surface area contributed by atoms with Crippen LogP contribution < -0.4 is 15.5 Å². The molecule has 1 aliphatic heterocycles. The molecule has 2 unspecified atom stereocenters. The second-order valence-corrected chi connectivity index (χ2v) is 11.3. The van der Waals surface area contributed by atoms with Gasteiger partial charge in [-0.25, -0.2) is 4.39 Å². The third-order valence-electron chi connectivity index (χ3n) is 7.70. The van der Waals surface area contributed by atoms with E-state index < -0.39 is 6.04 Å². The second kappa shape index (κ2) is 10.1. The lowest BCUT2D eigenvalue weighted by molar-refractivity contribution is -0.122. The van der Waals surface area contributed by atoms with E-state index in [9.17, 15) is 9.18 Å². The van der Waals surface area contributed by atoms with Crippen LogP contribution in [0.25, 0.3) is 11.1 Å². The first-order chi connectivity index (χ1) is 17.3. The fourth-order valence-corrected chi connectivity index (χ4v) is 5.93. The van der Waals surface area contributed by atoms with Gasteiger partial charge in [0.05, 0.1) is 0 Å². The predicted molar refractivity (Wildman–Crippen MR) is 142 cm³/mol. The van der Waals surface area contributed by atoms with Gasteiger partial charge < -0.3 is 20.0 Å². The van der Waals surface area contributed by atoms with Crippen LogP contribution in [0, 0.1) is 11.7 Å². The van der Waals surface area contributed by atoms with Gasteiger partial charge in [-0.1, -0.05) is 58.1 Å². The Morgan fingerprint density at radius 3 is 2.75 bits per heavy atom. The van der Waals surface area contributed by atoms with Gasteiger partial charge in [0, 0.05) is 30.2 Å². The van der Waals surface area contributed by atoms with Crippen molar-refractivity contribution >= 4 is 28.7 Å². The molecular formula is C29H37FN4O2. The number of hydrogen-bond acceptors (Lipinski definition) is 5. The fraction of sp³-hybridized carbons (Fsp3) is 0.517. The van der Waals surface area contributed by atoms with E-state index in [0.717, 1.165) is 42.6 Å². The molecule has 0 spiro atoms. The number of halogens is 1. The Kier molecular flexibility index (Phi) is 6.91. The average molecular weight is 493 g/mol. The molecule has 192 valence electrons. The largest absolute Gasteiger partial charge is 0.424 e. The number of aromatic nitrogens is 1. The van der Waals surface area contributed by atoms with Crippen LogP contribution in [0.2, 0.25) is 0 Å². The molecule has 1 aromatic heterocycles. The highest BCUT2D eigenvalue weighted by Crippen LogP contribution is 2.40. The first-order valence-electron chi connectivity index (χ1n) is 13.3. The van der Waals surface area contributed by atoms with Gasteiger partial charge in [0.2, 0.25) is 5.91 Å². The van der Waals surface area contributed by atoms with Crippen LogP contribution in [-0.4, -0.2) is 36.1 Å². The van der Waals surface area contributed by atoms with Crippen molar-refractivity contribution < 1.29 is 13.6 Å². The number of benzene rings is 2. The molecule has 1 fully saturated rings. The zero-order valence-electron chi connectivity index (χ0n) is 21.5. The molecule has 2 N–H and O–H groups in total. The molecule has 1 amide bonds. The van der Waals surface area contributed by atoms with E-state index in [2.05, 4.69) is 34.4 Å². The number of amides is 1. The lowest BCUT2D eigenvalue weighted by Gasteiger charge is -2.29. The van der Waals surface area contributed by atoms with Gasteiger partial charge in [0.15, 0.2) is 5.58 Å². The van der Waals surface area contributed by atoms with Crippen LogP contribution in [0.15, 0.2) is 46.9 Å². The number of anilines is 2. The van der Waals surface area contributed by atoms with E-state index in [1.807, 2.05) is 37.3 Å². The smallest absolute Gasteiger partial charge is 0.296 e. The molecule has 0 saturated heterocycles. The van der Waals surface area contributed by atoms with E-state index in [0.29, 0.717) is 24.1 Å². The molecule has 2 aliphatic rings. The van der Waals surface area contributed by atoms with Gasteiger partial charge in [-0.3, -0.25) is 4.79 Å². The number of hydrogen-bond donors (Lipinski definition) is 2. The van der Waals surface area contributed by atoms with Crippen molar-refractivity contribution in [3.05, 3.63) is 53.8 Å². The van der Waals surface area contributed by atoms with Gasteiger partial charge in [-0.15, -0.1) is 0 Å². The van der Waals surface area contributed by atoms with Gasteiger partial charge in [0.25, 0.3) is 6.01 Å². The van der Waals surface area contributed by atoms with Crippen LogP contribution >= 0.6 is 0 Å². The number of carbonyl (C=O) groups is 1. The number of carbonyl (C=O) groups excluding carboxylic acids is 1. The summed E-state index contributed by atoms with van der Waals surface area (Å²) < 4.78 is 19.8. The minimum atomic E-state index is -0.417. The van der Waals surface area contributed by atoms with Crippen molar-refractivity contribution in [2.24, 2.45) is 5.92 Å². The summed E-state index contributed by atoms with van der Waals surface area (Å²) in [4.78, 5) is 20.3. The standard InChI is InChI=1S/C29H37FN4O2/c1-19(17-34-18-29(2,3)22-16-21(30)13-14-25(22)34)31-27(35)24(15-20-9-5-4-6-10-20)33-28-32-23-11-7-8-12-26(23)36-28/h7-8,11-14,16,19-20,24H,4-6,9-10,15,17-18H2,1-3H3,(H,31,35)(H,32,33). The lowest BCUT2D eigenvalue weighted by Crippen LogP contribution is -2.48. The Balaban J connectivity index is 1.28. The van der Waals surface area contributed by atoms with Crippen molar-refractivity contribution in [3.8, 4) is 0 Å². The molecule has 2 atom stereocenters. The van der Waals surface area contributed by atoms with E-state index in [4.69, 9.17) is 4.42 Å². The summed E-state index contributed by atoms with van der Waals surface area (Å²) in [5, 5.41) is 6.54. The zero-order chi connectivity index (χ0) is 25.3. The van der Waals surface area contributed by atoms with Crippen LogP contribution in [0.1, 0.15) is 64.9 Å². The van der Waals surface area contributed by atoms with Crippen LogP contribution in [0.5, 0.6) is 0 Å².